The van der Waals surface area contributed by atoms with Crippen LogP contribution in [0.5, 0.6) is 5.75 Å². The second-order valence-electron chi connectivity index (χ2n) is 18.6. The lowest BCUT2D eigenvalue weighted by Gasteiger charge is -2.24. The normalized spacial score (nSPS) is 12.9. The smallest absolute Gasteiger partial charge is 0.326 e. The van der Waals surface area contributed by atoms with Crippen molar-refractivity contribution < 1.29 is 72.6 Å². The summed E-state index contributed by atoms with van der Waals surface area (Å²) < 4.78 is 21.7. The quantitative estimate of drug-likeness (QED) is 0.0362. The summed E-state index contributed by atoms with van der Waals surface area (Å²) in [5.41, 5.74) is 6.41. The number of carboxylic acids is 2. The second kappa shape index (κ2) is 42.5. The molecular formula is C53H88N4O15. The first kappa shape index (κ1) is 65.0. The van der Waals surface area contributed by atoms with Crippen LogP contribution < -0.4 is 21.7 Å². The molecule has 0 spiro atoms. The summed E-state index contributed by atoms with van der Waals surface area (Å²) in [5, 5.41) is 35.7. The van der Waals surface area contributed by atoms with Crippen LogP contribution in [0, 0.1) is 11.8 Å². The number of rotatable bonds is 49. The molecule has 0 saturated carbocycles. The molecule has 0 bridgehead atoms. The highest BCUT2D eigenvalue weighted by molar-refractivity contribution is 5.90. The Balaban J connectivity index is 2.04. The number of hydrogen-bond donors (Lipinski definition) is 7. The van der Waals surface area contributed by atoms with E-state index in [2.05, 4.69) is 16.0 Å². The van der Waals surface area contributed by atoms with Gasteiger partial charge in [0.15, 0.2) is 5.78 Å². The number of phenolic OH excluding ortho intramolecular Hbond substituents is 1. The summed E-state index contributed by atoms with van der Waals surface area (Å²) in [6.07, 6.45) is 17.5. The number of primary amides is 1. The van der Waals surface area contributed by atoms with Crippen molar-refractivity contribution in [3.63, 3.8) is 0 Å². The largest absolute Gasteiger partial charge is 0.508 e. The highest BCUT2D eigenvalue weighted by atomic mass is 16.5. The van der Waals surface area contributed by atoms with E-state index >= 15 is 0 Å². The number of phenols is 1. The number of aliphatic carboxylic acids is 2. The van der Waals surface area contributed by atoms with Crippen molar-refractivity contribution in [2.75, 3.05) is 59.4 Å². The van der Waals surface area contributed by atoms with Crippen molar-refractivity contribution in [3.8, 4) is 5.75 Å². The van der Waals surface area contributed by atoms with Gasteiger partial charge in [-0.15, -0.1) is 0 Å². The Hall–Kier alpha value is -4.98. The summed E-state index contributed by atoms with van der Waals surface area (Å²) in [6.45, 7) is 4.67. The Morgan fingerprint density at radius 2 is 1.10 bits per heavy atom. The number of carbonyl (C=O) groups excluding carboxylic acids is 6. The molecule has 0 saturated heterocycles. The molecule has 0 aliphatic carbocycles. The van der Waals surface area contributed by atoms with Gasteiger partial charge in [0.1, 0.15) is 30.8 Å². The lowest BCUT2D eigenvalue weighted by atomic mass is 9.88. The standard InChI is InChI=1S/C53H88N4O15/c1-3-40(2)51(46(60)29-24-42(52(54)66)37-41-22-25-44(59)26-23-41)57-49(63)39-72-36-34-70-32-30-55-48(62)38-71-35-33-69-31-18-19-43(58)27-28-45(53(67)68)56-47(61)20-16-14-12-10-8-6-4-5-7-9-11-13-15-17-21-50(64)65/h22-23,25-26,40,42,45,51,59H,3-21,24,27-39H2,1-2H3,(H2,54,66)(H,55,62)(H,56,61)(H,57,63)(H,64,65)(H,67,68)/t40-,42-,45-,51-/m0/s1. The molecule has 0 aromatic heterocycles. The van der Waals surface area contributed by atoms with Crippen LogP contribution in [0.15, 0.2) is 24.3 Å². The van der Waals surface area contributed by atoms with Crippen LogP contribution in [0.3, 0.4) is 0 Å². The molecule has 4 amide bonds. The lowest BCUT2D eigenvalue weighted by molar-refractivity contribution is -0.142. The number of aromatic hydroxyl groups is 1. The molecule has 0 aliphatic rings. The van der Waals surface area contributed by atoms with Gasteiger partial charge in [0, 0.05) is 51.2 Å². The van der Waals surface area contributed by atoms with Gasteiger partial charge in [-0.25, -0.2) is 4.79 Å². The van der Waals surface area contributed by atoms with Crippen molar-refractivity contribution in [2.45, 2.75) is 180 Å². The van der Waals surface area contributed by atoms with Gasteiger partial charge in [-0.1, -0.05) is 109 Å². The van der Waals surface area contributed by atoms with Gasteiger partial charge < -0.3 is 56.0 Å². The Labute approximate surface area is 427 Å². The molecular weight excluding hydrogens is 933 g/mol. The maximum absolute atomic E-state index is 13.2. The SMILES string of the molecule is CC[C@H](C)[C@H](NC(=O)COCCOCCNC(=O)COCCOCCCC(=O)CC[C@H](NC(=O)CCCCCCCCCCCCCCCCC(=O)O)C(=O)O)C(=O)CC[C@@H](Cc1ccc(O)cc1)C(N)=O. The number of nitrogens with one attached hydrogen (secondary N) is 3. The Kier molecular flexibility index (Phi) is 38.4. The van der Waals surface area contributed by atoms with Crippen molar-refractivity contribution in [3.05, 3.63) is 29.8 Å². The molecule has 0 unspecified atom stereocenters. The van der Waals surface area contributed by atoms with Crippen molar-refractivity contribution in [1.82, 2.24) is 16.0 Å². The first-order chi connectivity index (χ1) is 34.6. The second-order valence-corrected chi connectivity index (χ2v) is 18.6. The van der Waals surface area contributed by atoms with Gasteiger partial charge in [0.2, 0.25) is 23.6 Å². The number of nitrogens with two attached hydrogens (primary N) is 1. The molecule has 0 aliphatic heterocycles. The van der Waals surface area contributed by atoms with Gasteiger partial charge in [-0.3, -0.25) is 33.6 Å². The van der Waals surface area contributed by atoms with E-state index < -0.39 is 41.8 Å². The average Bonchev–Trinajstić information content (AvgIpc) is 3.34. The molecule has 4 atom stereocenters. The van der Waals surface area contributed by atoms with Crippen LogP contribution in [-0.2, 0) is 63.7 Å². The number of hydrogen-bond acceptors (Lipinski definition) is 13. The summed E-state index contributed by atoms with van der Waals surface area (Å²) >= 11 is 0. The van der Waals surface area contributed by atoms with E-state index in [0.29, 0.717) is 25.7 Å². The van der Waals surface area contributed by atoms with E-state index in [4.69, 9.17) is 29.8 Å². The number of unbranched alkanes of at least 4 members (excludes halogenated alkanes) is 13. The van der Waals surface area contributed by atoms with E-state index in [9.17, 15) is 48.6 Å². The fraction of sp³-hybridized carbons (Fsp3) is 0.736. The van der Waals surface area contributed by atoms with Gasteiger partial charge in [0.05, 0.1) is 39.1 Å². The Morgan fingerprint density at radius 1 is 0.569 bits per heavy atom. The summed E-state index contributed by atoms with van der Waals surface area (Å²) in [7, 11) is 0. The predicted molar refractivity (Wildman–Crippen MR) is 271 cm³/mol. The third-order valence-corrected chi connectivity index (χ3v) is 12.3. The number of amides is 4. The van der Waals surface area contributed by atoms with Gasteiger partial charge in [0.25, 0.3) is 0 Å². The molecule has 1 aromatic carbocycles. The number of Topliss-reactive ketones (excluding diaryl/α,β-unsaturated/α-hetero) is 2. The molecule has 8 N–H and O–H groups in total. The minimum absolute atomic E-state index is 0.0196. The number of ether oxygens (including phenoxy) is 4. The van der Waals surface area contributed by atoms with E-state index in [1.54, 1.807) is 12.1 Å². The number of ketones is 2. The number of carboxylic acid groups (broad SMARTS) is 2. The van der Waals surface area contributed by atoms with Crippen molar-refractivity contribution >= 4 is 47.1 Å². The summed E-state index contributed by atoms with van der Waals surface area (Å²) in [5.74, 6) is -4.49. The van der Waals surface area contributed by atoms with E-state index in [1.807, 2.05) is 13.8 Å². The van der Waals surface area contributed by atoms with Crippen molar-refractivity contribution in [1.29, 1.82) is 0 Å². The monoisotopic (exact) mass is 1020 g/mol. The van der Waals surface area contributed by atoms with Crippen molar-refractivity contribution in [2.24, 2.45) is 17.6 Å². The first-order valence-electron chi connectivity index (χ1n) is 26.3. The van der Waals surface area contributed by atoms with E-state index in [-0.39, 0.29) is 139 Å². The van der Waals surface area contributed by atoms with Gasteiger partial charge in [-0.05, 0) is 62.1 Å². The summed E-state index contributed by atoms with van der Waals surface area (Å²) in [4.78, 5) is 97.0. The minimum Gasteiger partial charge on any atom is -0.508 e. The number of carbonyl (C=O) groups is 8. The maximum atomic E-state index is 13.2. The van der Waals surface area contributed by atoms with E-state index in [0.717, 1.165) is 50.5 Å². The fourth-order valence-electron chi connectivity index (χ4n) is 7.82. The molecule has 19 nitrogen and oxygen atoms in total. The summed E-state index contributed by atoms with van der Waals surface area (Å²) in [6, 6.07) is 4.56. The Morgan fingerprint density at radius 3 is 1.64 bits per heavy atom. The molecule has 72 heavy (non-hydrogen) atoms. The average molecular weight is 1020 g/mol. The van der Waals surface area contributed by atoms with Crippen LogP contribution in [0.1, 0.15) is 167 Å². The maximum Gasteiger partial charge on any atom is 0.326 e. The van der Waals surface area contributed by atoms with Crippen LogP contribution in [-0.4, -0.2) is 134 Å². The molecule has 0 fully saturated rings. The zero-order valence-corrected chi connectivity index (χ0v) is 43.3. The topological polar surface area (TPSA) is 296 Å². The Bertz CT molecular complexity index is 1700. The molecule has 0 radical (unpaired) electrons. The van der Waals surface area contributed by atoms with Gasteiger partial charge >= 0.3 is 11.9 Å². The van der Waals surface area contributed by atoms with Crippen LogP contribution >= 0.6 is 0 Å². The number of benzene rings is 1. The minimum atomic E-state index is -1.17. The molecule has 1 aromatic rings. The van der Waals surface area contributed by atoms with Crippen LogP contribution in [0.25, 0.3) is 0 Å². The zero-order valence-electron chi connectivity index (χ0n) is 43.3. The third kappa shape index (κ3) is 36.0. The van der Waals surface area contributed by atoms with Crippen LogP contribution in [0.2, 0.25) is 0 Å². The highest BCUT2D eigenvalue weighted by Crippen LogP contribution is 2.20. The zero-order chi connectivity index (χ0) is 53.2. The first-order valence-corrected chi connectivity index (χ1v) is 26.3. The lowest BCUT2D eigenvalue weighted by Crippen LogP contribution is -2.46. The fourth-order valence-corrected chi connectivity index (χ4v) is 7.82. The van der Waals surface area contributed by atoms with Gasteiger partial charge in [-0.2, -0.15) is 0 Å². The van der Waals surface area contributed by atoms with E-state index in [1.165, 1.54) is 50.7 Å². The molecule has 19 heteroatoms. The highest BCUT2D eigenvalue weighted by Gasteiger charge is 2.27. The molecule has 0 heterocycles. The van der Waals surface area contributed by atoms with Crippen LogP contribution in [0.4, 0.5) is 0 Å². The molecule has 410 valence electrons. The molecule has 1 rings (SSSR count). The predicted octanol–water partition coefficient (Wildman–Crippen LogP) is 6.12. The third-order valence-electron chi connectivity index (χ3n) is 12.3.